The highest BCUT2D eigenvalue weighted by atomic mass is 32.2. The molecule has 0 unspecified atom stereocenters. The van der Waals surface area contributed by atoms with Crippen molar-refractivity contribution in [1.29, 1.82) is 0 Å². The molecule has 0 aliphatic heterocycles. The number of hydrogen-bond donors (Lipinski definition) is 1. The zero-order valence-electron chi connectivity index (χ0n) is 25.7. The third-order valence-corrected chi connectivity index (χ3v) is 9.25. The lowest BCUT2D eigenvalue weighted by Gasteiger charge is -2.33. The van der Waals surface area contributed by atoms with Gasteiger partial charge in [0.05, 0.1) is 22.6 Å². The van der Waals surface area contributed by atoms with E-state index in [2.05, 4.69) is 5.32 Å². The molecule has 3 aromatic rings. The van der Waals surface area contributed by atoms with Gasteiger partial charge in [-0.2, -0.15) is 0 Å². The average Bonchev–Trinajstić information content (AvgIpc) is 3.02. The Labute approximate surface area is 259 Å². The third-order valence-electron chi connectivity index (χ3n) is 7.48. The van der Waals surface area contributed by atoms with Crippen molar-refractivity contribution in [2.24, 2.45) is 0 Å². The zero-order valence-corrected chi connectivity index (χ0v) is 26.5. The van der Waals surface area contributed by atoms with Crippen LogP contribution in [0.2, 0.25) is 0 Å². The Morgan fingerprint density at radius 3 is 2.23 bits per heavy atom. The van der Waals surface area contributed by atoms with Crippen molar-refractivity contribution >= 4 is 33.2 Å². The number of amides is 2. The van der Waals surface area contributed by atoms with Crippen LogP contribution in [-0.2, 0) is 26.0 Å². The SMILES string of the molecule is CC[C@H](C)NC(=O)[C@H](CC)N(CCc1ccccc1)C(=O)CN(c1ccc(OC)cc1)S(=O)(=O)c1ccc(C)c([N+](=O)[O-])c1. The third kappa shape index (κ3) is 8.34. The van der Waals surface area contributed by atoms with Crippen LogP contribution in [-0.4, -0.2) is 62.3 Å². The molecule has 0 aromatic heterocycles. The van der Waals surface area contributed by atoms with E-state index in [1.54, 1.807) is 19.1 Å². The van der Waals surface area contributed by atoms with Crippen molar-refractivity contribution in [3.05, 3.63) is 94.0 Å². The van der Waals surface area contributed by atoms with Gasteiger partial charge in [-0.05, 0) is 69.0 Å². The van der Waals surface area contributed by atoms with Gasteiger partial charge >= 0.3 is 0 Å². The molecular formula is C32H40N4O7S. The number of carbonyl (C=O) groups is 2. The van der Waals surface area contributed by atoms with Crippen LogP contribution in [0.25, 0.3) is 0 Å². The summed E-state index contributed by atoms with van der Waals surface area (Å²) in [5.74, 6) is -0.440. The van der Waals surface area contributed by atoms with Gasteiger partial charge in [0.1, 0.15) is 18.3 Å². The molecule has 12 heteroatoms. The molecule has 2 amide bonds. The first-order valence-electron chi connectivity index (χ1n) is 14.5. The summed E-state index contributed by atoms with van der Waals surface area (Å²) in [6.07, 6.45) is 1.45. The minimum Gasteiger partial charge on any atom is -0.497 e. The molecule has 0 spiro atoms. The van der Waals surface area contributed by atoms with Gasteiger partial charge in [-0.1, -0.05) is 50.2 Å². The lowest BCUT2D eigenvalue weighted by molar-refractivity contribution is -0.385. The maximum absolute atomic E-state index is 14.1. The number of rotatable bonds is 15. The van der Waals surface area contributed by atoms with E-state index in [4.69, 9.17) is 4.74 Å². The number of nitro benzene ring substituents is 1. The van der Waals surface area contributed by atoms with E-state index in [0.29, 0.717) is 30.6 Å². The Balaban J connectivity index is 2.07. The number of carbonyl (C=O) groups excluding carboxylic acids is 2. The van der Waals surface area contributed by atoms with Gasteiger partial charge in [-0.3, -0.25) is 24.0 Å². The second-order valence-electron chi connectivity index (χ2n) is 10.5. The summed E-state index contributed by atoms with van der Waals surface area (Å²) in [6, 6.07) is 18.3. The summed E-state index contributed by atoms with van der Waals surface area (Å²) in [4.78, 5) is 39.6. The number of methoxy groups -OCH3 is 1. The van der Waals surface area contributed by atoms with Gasteiger partial charge in [-0.15, -0.1) is 0 Å². The number of sulfonamides is 1. The summed E-state index contributed by atoms with van der Waals surface area (Å²) in [5.41, 5.74) is 1.05. The molecule has 1 N–H and O–H groups in total. The first kappa shape index (κ1) is 34.0. The maximum atomic E-state index is 14.1. The Morgan fingerprint density at radius 1 is 1.00 bits per heavy atom. The molecule has 0 fully saturated rings. The summed E-state index contributed by atoms with van der Waals surface area (Å²) in [5, 5.41) is 14.6. The number of anilines is 1. The highest BCUT2D eigenvalue weighted by Crippen LogP contribution is 2.29. The van der Waals surface area contributed by atoms with Crippen molar-refractivity contribution in [3.63, 3.8) is 0 Å². The van der Waals surface area contributed by atoms with Crippen molar-refractivity contribution in [2.45, 2.75) is 63.9 Å². The van der Waals surface area contributed by atoms with E-state index >= 15 is 0 Å². The Bertz CT molecular complexity index is 1550. The van der Waals surface area contributed by atoms with Crippen LogP contribution >= 0.6 is 0 Å². The molecule has 0 saturated heterocycles. The molecule has 236 valence electrons. The molecule has 0 bridgehead atoms. The van der Waals surface area contributed by atoms with E-state index < -0.39 is 33.4 Å². The summed E-state index contributed by atoms with van der Waals surface area (Å²) in [6.45, 7) is 6.66. The van der Waals surface area contributed by atoms with Crippen LogP contribution in [0.3, 0.4) is 0 Å². The van der Waals surface area contributed by atoms with Gasteiger partial charge in [0.15, 0.2) is 0 Å². The van der Waals surface area contributed by atoms with Gasteiger partial charge < -0.3 is 15.0 Å². The molecule has 3 aromatic carbocycles. The molecule has 0 aliphatic rings. The van der Waals surface area contributed by atoms with Crippen LogP contribution in [0.15, 0.2) is 77.7 Å². The van der Waals surface area contributed by atoms with Crippen molar-refractivity contribution in [2.75, 3.05) is 24.5 Å². The summed E-state index contributed by atoms with van der Waals surface area (Å²) < 4.78 is 34.3. The van der Waals surface area contributed by atoms with Crippen molar-refractivity contribution in [1.82, 2.24) is 10.2 Å². The number of aryl methyl sites for hydroxylation is 1. The van der Waals surface area contributed by atoms with Crippen LogP contribution in [0.1, 0.15) is 44.7 Å². The highest BCUT2D eigenvalue weighted by Gasteiger charge is 2.34. The number of benzene rings is 3. The van der Waals surface area contributed by atoms with Crippen molar-refractivity contribution in [3.8, 4) is 5.75 Å². The Kier molecular flexibility index (Phi) is 11.9. The maximum Gasteiger partial charge on any atom is 0.273 e. The Morgan fingerprint density at radius 2 is 1.66 bits per heavy atom. The minimum atomic E-state index is -4.48. The van der Waals surface area contributed by atoms with Gasteiger partial charge in [-0.25, -0.2) is 8.42 Å². The Hall–Kier alpha value is -4.45. The summed E-state index contributed by atoms with van der Waals surface area (Å²) >= 11 is 0. The fraction of sp³-hybridized carbons (Fsp3) is 0.375. The first-order chi connectivity index (χ1) is 20.9. The quantitative estimate of drug-likeness (QED) is 0.188. The number of nitro groups is 1. The molecular weight excluding hydrogens is 584 g/mol. The second kappa shape index (κ2) is 15.3. The fourth-order valence-corrected chi connectivity index (χ4v) is 6.12. The molecule has 44 heavy (non-hydrogen) atoms. The van der Waals surface area contributed by atoms with Crippen LogP contribution in [0.5, 0.6) is 5.75 Å². The molecule has 0 radical (unpaired) electrons. The highest BCUT2D eigenvalue weighted by molar-refractivity contribution is 7.92. The monoisotopic (exact) mass is 624 g/mol. The first-order valence-corrected chi connectivity index (χ1v) is 15.9. The predicted octanol–water partition coefficient (Wildman–Crippen LogP) is 4.87. The fourth-order valence-electron chi connectivity index (χ4n) is 4.69. The van der Waals surface area contributed by atoms with E-state index in [-0.39, 0.29) is 34.8 Å². The van der Waals surface area contributed by atoms with Crippen LogP contribution in [0, 0.1) is 17.0 Å². The lowest BCUT2D eigenvalue weighted by atomic mass is 10.1. The lowest BCUT2D eigenvalue weighted by Crippen LogP contribution is -2.54. The topological polar surface area (TPSA) is 139 Å². The van der Waals surface area contributed by atoms with E-state index in [9.17, 15) is 28.1 Å². The van der Waals surface area contributed by atoms with E-state index in [0.717, 1.165) is 15.9 Å². The molecule has 11 nitrogen and oxygen atoms in total. The van der Waals surface area contributed by atoms with E-state index in [1.165, 1.54) is 43.2 Å². The van der Waals surface area contributed by atoms with Crippen LogP contribution < -0.4 is 14.4 Å². The molecule has 0 heterocycles. The largest absolute Gasteiger partial charge is 0.497 e. The molecule has 3 rings (SSSR count). The van der Waals surface area contributed by atoms with Gasteiger partial charge in [0.25, 0.3) is 15.7 Å². The average molecular weight is 625 g/mol. The minimum absolute atomic E-state index is 0.115. The van der Waals surface area contributed by atoms with Gasteiger partial charge in [0.2, 0.25) is 11.8 Å². The van der Waals surface area contributed by atoms with Gasteiger partial charge in [0, 0.05) is 24.2 Å². The number of nitrogens with one attached hydrogen (secondary N) is 1. The molecule has 0 saturated carbocycles. The number of ether oxygens (including phenoxy) is 1. The normalized spacial score (nSPS) is 12.6. The molecule has 2 atom stereocenters. The molecule has 0 aliphatic carbocycles. The van der Waals surface area contributed by atoms with Crippen molar-refractivity contribution < 1.29 is 27.7 Å². The standard InChI is InChI=1S/C32H40N4O7S/c1-6-24(4)33-32(38)29(7-2)34(20-19-25-11-9-8-10-12-25)31(37)22-35(26-14-16-27(43-5)17-15-26)44(41,42)28-18-13-23(3)30(21-28)36(39)40/h8-18,21,24,29H,6-7,19-20,22H2,1-5H3,(H,33,38)/t24-,29-/m0/s1. The zero-order chi connectivity index (χ0) is 32.4. The van der Waals surface area contributed by atoms with Crippen LogP contribution in [0.4, 0.5) is 11.4 Å². The summed E-state index contributed by atoms with van der Waals surface area (Å²) in [7, 11) is -3.01. The smallest absolute Gasteiger partial charge is 0.273 e. The van der Waals surface area contributed by atoms with E-state index in [1.807, 2.05) is 44.2 Å². The number of hydrogen-bond acceptors (Lipinski definition) is 7. The predicted molar refractivity (Wildman–Crippen MR) is 169 cm³/mol. The number of nitrogens with zero attached hydrogens (tertiary/aromatic N) is 3. The second-order valence-corrected chi connectivity index (χ2v) is 12.3.